The zero-order valence-corrected chi connectivity index (χ0v) is 9.92. The number of benzene rings is 2. The third-order valence-electron chi connectivity index (χ3n) is 2.45. The minimum Gasteiger partial charge on any atom is -0.507 e. The highest BCUT2D eigenvalue weighted by Crippen LogP contribution is 2.37. The molecule has 0 spiro atoms. The van der Waals surface area contributed by atoms with Gasteiger partial charge in [0.05, 0.1) is 0 Å². The Balaban J connectivity index is 2.82. The van der Waals surface area contributed by atoms with Crippen molar-refractivity contribution in [3.63, 3.8) is 0 Å². The van der Waals surface area contributed by atoms with Crippen LogP contribution >= 0.6 is 0 Å². The first-order valence-electron chi connectivity index (χ1n) is 4.99. The van der Waals surface area contributed by atoms with Crippen LogP contribution in [0, 0.1) is 0 Å². The molecule has 0 aromatic heterocycles. The van der Waals surface area contributed by atoms with E-state index in [-0.39, 0.29) is 16.9 Å². The third-order valence-corrected chi connectivity index (χ3v) is 3.39. The standard InChI is InChI=1S/C12H10O5S/c13-10-6-2-1-4-8(10)9-5-3-7-11(14)12(9)18(15,16)17/h1-7,13-14H,(H,15,16,17). The maximum atomic E-state index is 11.3. The predicted octanol–water partition coefficient (Wildman–Crippen LogP) is 2.01. The van der Waals surface area contributed by atoms with Crippen LogP contribution in [-0.2, 0) is 10.1 Å². The molecule has 0 unspecified atom stereocenters. The van der Waals surface area contributed by atoms with Crippen LogP contribution in [0.3, 0.4) is 0 Å². The Labute approximate surface area is 104 Å². The highest BCUT2D eigenvalue weighted by molar-refractivity contribution is 7.86. The van der Waals surface area contributed by atoms with Crippen LogP contribution in [0.2, 0.25) is 0 Å². The lowest BCUT2D eigenvalue weighted by Crippen LogP contribution is -2.01. The van der Waals surface area contributed by atoms with Gasteiger partial charge in [0.2, 0.25) is 0 Å². The van der Waals surface area contributed by atoms with Gasteiger partial charge in [-0.3, -0.25) is 4.55 Å². The summed E-state index contributed by atoms with van der Waals surface area (Å²) < 4.78 is 31.7. The van der Waals surface area contributed by atoms with Crippen molar-refractivity contribution in [3.8, 4) is 22.6 Å². The molecule has 0 aliphatic rings. The molecular formula is C12H10O5S. The Kier molecular flexibility index (Phi) is 2.98. The predicted molar refractivity (Wildman–Crippen MR) is 65.0 cm³/mol. The fraction of sp³-hybridized carbons (Fsp3) is 0. The summed E-state index contributed by atoms with van der Waals surface area (Å²) in [5.41, 5.74) is 0.247. The summed E-state index contributed by atoms with van der Waals surface area (Å²) in [4.78, 5) is -0.619. The molecule has 2 rings (SSSR count). The highest BCUT2D eigenvalue weighted by atomic mass is 32.2. The second-order valence-electron chi connectivity index (χ2n) is 3.65. The molecule has 0 aliphatic heterocycles. The number of rotatable bonds is 2. The van der Waals surface area contributed by atoms with E-state index in [4.69, 9.17) is 4.55 Å². The van der Waals surface area contributed by atoms with E-state index < -0.39 is 20.8 Å². The smallest absolute Gasteiger partial charge is 0.298 e. The van der Waals surface area contributed by atoms with E-state index in [1.807, 2.05) is 0 Å². The van der Waals surface area contributed by atoms with Crippen LogP contribution in [-0.4, -0.2) is 23.2 Å². The van der Waals surface area contributed by atoms with Crippen LogP contribution < -0.4 is 0 Å². The fourth-order valence-electron chi connectivity index (χ4n) is 1.71. The van der Waals surface area contributed by atoms with E-state index in [9.17, 15) is 18.6 Å². The van der Waals surface area contributed by atoms with Gasteiger partial charge in [-0.15, -0.1) is 0 Å². The maximum Gasteiger partial charge on any atom is 0.298 e. The van der Waals surface area contributed by atoms with Crippen LogP contribution in [0.25, 0.3) is 11.1 Å². The zero-order chi connectivity index (χ0) is 13.3. The summed E-state index contributed by atoms with van der Waals surface area (Å²) in [5, 5.41) is 19.2. The summed E-state index contributed by atoms with van der Waals surface area (Å²) in [6.07, 6.45) is 0. The maximum absolute atomic E-state index is 11.3. The van der Waals surface area contributed by atoms with Crippen molar-refractivity contribution >= 4 is 10.1 Å². The van der Waals surface area contributed by atoms with E-state index in [2.05, 4.69) is 0 Å². The molecule has 0 heterocycles. The van der Waals surface area contributed by atoms with E-state index in [0.29, 0.717) is 0 Å². The molecule has 0 bridgehead atoms. The average Bonchev–Trinajstić information content (AvgIpc) is 2.27. The Bertz CT molecular complexity index is 691. The molecule has 0 fully saturated rings. The van der Waals surface area contributed by atoms with Crippen molar-refractivity contribution in [3.05, 3.63) is 42.5 Å². The number of hydrogen-bond acceptors (Lipinski definition) is 4. The minimum atomic E-state index is -4.59. The van der Waals surface area contributed by atoms with Gasteiger partial charge in [0.15, 0.2) is 0 Å². The lowest BCUT2D eigenvalue weighted by atomic mass is 10.0. The SMILES string of the molecule is O=S(=O)(O)c1c(O)cccc1-c1ccccc1O. The van der Waals surface area contributed by atoms with E-state index in [1.165, 1.54) is 24.3 Å². The van der Waals surface area contributed by atoms with Crippen LogP contribution in [0.1, 0.15) is 0 Å². The van der Waals surface area contributed by atoms with Crippen LogP contribution in [0.5, 0.6) is 11.5 Å². The summed E-state index contributed by atoms with van der Waals surface area (Å²) in [5.74, 6) is -0.716. The van der Waals surface area contributed by atoms with Gasteiger partial charge < -0.3 is 10.2 Å². The van der Waals surface area contributed by atoms with Gasteiger partial charge in [-0.1, -0.05) is 30.3 Å². The first kappa shape index (κ1) is 12.4. The van der Waals surface area contributed by atoms with Crippen molar-refractivity contribution < 1.29 is 23.2 Å². The Morgan fingerprint density at radius 1 is 0.778 bits per heavy atom. The molecule has 0 amide bonds. The normalized spacial score (nSPS) is 11.4. The van der Waals surface area contributed by atoms with Gasteiger partial charge in [-0.05, 0) is 12.1 Å². The molecule has 94 valence electrons. The van der Waals surface area contributed by atoms with Crippen molar-refractivity contribution in [2.24, 2.45) is 0 Å². The molecule has 3 N–H and O–H groups in total. The number of hydrogen-bond donors (Lipinski definition) is 3. The highest BCUT2D eigenvalue weighted by Gasteiger charge is 2.22. The topological polar surface area (TPSA) is 94.8 Å². The molecule has 5 nitrogen and oxygen atoms in total. The zero-order valence-electron chi connectivity index (χ0n) is 9.11. The molecule has 2 aromatic rings. The van der Waals surface area contributed by atoms with Gasteiger partial charge in [-0.2, -0.15) is 8.42 Å². The number of phenols is 2. The number of aromatic hydroxyl groups is 2. The molecule has 0 radical (unpaired) electrons. The molecular weight excluding hydrogens is 256 g/mol. The van der Waals surface area contributed by atoms with Gasteiger partial charge in [0.25, 0.3) is 10.1 Å². The monoisotopic (exact) mass is 266 g/mol. The van der Waals surface area contributed by atoms with Gasteiger partial charge >= 0.3 is 0 Å². The molecule has 0 saturated heterocycles. The summed E-state index contributed by atoms with van der Waals surface area (Å²) >= 11 is 0. The number of phenolic OH excluding ortho intramolecular Hbond substituents is 2. The first-order valence-corrected chi connectivity index (χ1v) is 6.43. The fourth-order valence-corrected chi connectivity index (χ4v) is 2.50. The van der Waals surface area contributed by atoms with Crippen LogP contribution in [0.4, 0.5) is 0 Å². The Morgan fingerprint density at radius 2 is 1.33 bits per heavy atom. The van der Waals surface area contributed by atoms with Crippen molar-refractivity contribution in [1.82, 2.24) is 0 Å². The Morgan fingerprint density at radius 3 is 1.94 bits per heavy atom. The van der Waals surface area contributed by atoms with Gasteiger partial charge in [-0.25, -0.2) is 0 Å². The van der Waals surface area contributed by atoms with E-state index >= 15 is 0 Å². The summed E-state index contributed by atoms with van der Waals surface area (Å²) in [7, 11) is -4.59. The minimum absolute atomic E-state index is 0.0376. The first-order chi connectivity index (χ1) is 8.41. The molecule has 0 aliphatic carbocycles. The summed E-state index contributed by atoms with van der Waals surface area (Å²) in [6.45, 7) is 0. The van der Waals surface area contributed by atoms with E-state index in [1.54, 1.807) is 12.1 Å². The molecule has 0 saturated carbocycles. The molecule has 2 aromatic carbocycles. The third kappa shape index (κ3) is 2.15. The van der Waals surface area contributed by atoms with Gasteiger partial charge in [0, 0.05) is 11.1 Å². The van der Waals surface area contributed by atoms with Crippen molar-refractivity contribution in [2.45, 2.75) is 4.90 Å². The molecule has 0 atom stereocenters. The number of para-hydroxylation sites is 1. The summed E-state index contributed by atoms with van der Waals surface area (Å²) in [6, 6.07) is 10.0. The van der Waals surface area contributed by atoms with E-state index in [0.717, 1.165) is 6.07 Å². The largest absolute Gasteiger partial charge is 0.507 e. The van der Waals surface area contributed by atoms with Crippen LogP contribution in [0.15, 0.2) is 47.4 Å². The lowest BCUT2D eigenvalue weighted by molar-refractivity contribution is 0.444. The van der Waals surface area contributed by atoms with Crippen molar-refractivity contribution in [1.29, 1.82) is 0 Å². The lowest BCUT2D eigenvalue weighted by Gasteiger charge is -2.10. The van der Waals surface area contributed by atoms with Crippen molar-refractivity contribution in [2.75, 3.05) is 0 Å². The Hall–Kier alpha value is -2.05. The second-order valence-corrected chi connectivity index (χ2v) is 5.00. The average molecular weight is 266 g/mol. The second kappa shape index (κ2) is 4.32. The van der Waals surface area contributed by atoms with Gasteiger partial charge in [0.1, 0.15) is 16.4 Å². The molecule has 6 heteroatoms. The quantitative estimate of drug-likeness (QED) is 0.723. The molecule has 18 heavy (non-hydrogen) atoms.